The molecule has 1 aliphatic rings. The predicted molar refractivity (Wildman–Crippen MR) is 71.1 cm³/mol. The molecule has 1 saturated heterocycles. The molecule has 0 saturated carbocycles. The average Bonchev–Trinajstić information content (AvgIpc) is 2.39. The fraction of sp³-hybridized carbons (Fsp3) is 0.429. The highest BCUT2D eigenvalue weighted by Crippen LogP contribution is 2.26. The molecule has 0 spiro atoms. The van der Waals surface area contributed by atoms with Gasteiger partial charge in [-0.15, -0.1) is 0 Å². The van der Waals surface area contributed by atoms with Crippen molar-refractivity contribution < 1.29 is 14.3 Å². The molecule has 2 rings (SSSR count). The first-order chi connectivity index (χ1) is 9.08. The Labute approximate surface area is 112 Å². The molecule has 102 valence electrons. The Morgan fingerprint density at radius 2 is 2.11 bits per heavy atom. The summed E-state index contributed by atoms with van der Waals surface area (Å²) < 4.78 is 5.40. The monoisotopic (exact) mass is 262 g/mol. The molecule has 1 aromatic carbocycles. The Kier molecular flexibility index (Phi) is 4.04. The second-order valence-corrected chi connectivity index (χ2v) is 4.83. The van der Waals surface area contributed by atoms with Gasteiger partial charge in [0, 0.05) is 13.1 Å². The third-order valence-corrected chi connectivity index (χ3v) is 3.03. The van der Waals surface area contributed by atoms with E-state index in [-0.39, 0.29) is 18.4 Å². The van der Waals surface area contributed by atoms with Crippen LogP contribution in [0.1, 0.15) is 25.3 Å². The maximum atomic E-state index is 12.0. The number of ether oxygens (including phenoxy) is 1. The first kappa shape index (κ1) is 13.4. The van der Waals surface area contributed by atoms with Gasteiger partial charge in [0.05, 0.1) is 0 Å². The van der Waals surface area contributed by atoms with E-state index in [9.17, 15) is 9.59 Å². The van der Waals surface area contributed by atoms with Gasteiger partial charge in [-0.1, -0.05) is 32.0 Å². The maximum Gasteiger partial charge on any atom is 0.415 e. The Hall–Kier alpha value is -2.04. The van der Waals surface area contributed by atoms with Crippen molar-refractivity contribution in [3.05, 3.63) is 29.8 Å². The molecule has 1 N–H and O–H groups in total. The fourth-order valence-corrected chi connectivity index (χ4v) is 2.00. The number of amides is 2. The predicted octanol–water partition coefficient (Wildman–Crippen LogP) is 1.74. The van der Waals surface area contributed by atoms with Gasteiger partial charge in [-0.2, -0.15) is 0 Å². The summed E-state index contributed by atoms with van der Waals surface area (Å²) in [5.41, 5.74) is 0.984. The number of para-hydroxylation sites is 1. The molecular formula is C14H18N2O3. The Morgan fingerprint density at radius 1 is 1.37 bits per heavy atom. The van der Waals surface area contributed by atoms with Gasteiger partial charge >= 0.3 is 6.09 Å². The van der Waals surface area contributed by atoms with Gasteiger partial charge in [0.25, 0.3) is 0 Å². The van der Waals surface area contributed by atoms with E-state index in [1.165, 1.54) is 4.90 Å². The zero-order chi connectivity index (χ0) is 13.8. The van der Waals surface area contributed by atoms with Crippen LogP contribution in [-0.4, -0.2) is 36.5 Å². The van der Waals surface area contributed by atoms with Crippen molar-refractivity contribution in [1.29, 1.82) is 0 Å². The van der Waals surface area contributed by atoms with Gasteiger partial charge in [-0.05, 0) is 17.5 Å². The van der Waals surface area contributed by atoms with E-state index in [0.717, 1.165) is 5.56 Å². The maximum absolute atomic E-state index is 12.0. The number of benzene rings is 1. The van der Waals surface area contributed by atoms with Crippen LogP contribution in [0.2, 0.25) is 0 Å². The lowest BCUT2D eigenvalue weighted by Crippen LogP contribution is -2.50. The van der Waals surface area contributed by atoms with Gasteiger partial charge in [0.1, 0.15) is 12.3 Å². The normalized spacial score (nSPS) is 15.3. The smallest absolute Gasteiger partial charge is 0.410 e. The molecule has 0 unspecified atom stereocenters. The molecule has 1 aromatic rings. The molecule has 2 amide bonds. The van der Waals surface area contributed by atoms with Crippen molar-refractivity contribution in [1.82, 2.24) is 10.2 Å². The van der Waals surface area contributed by atoms with E-state index >= 15 is 0 Å². The number of carbonyl (C=O) groups excluding carboxylic acids is 2. The van der Waals surface area contributed by atoms with Crippen LogP contribution in [0.5, 0.6) is 5.75 Å². The molecule has 1 fully saturated rings. The lowest BCUT2D eigenvalue weighted by molar-refractivity contribution is -0.123. The van der Waals surface area contributed by atoms with Crippen LogP contribution in [0, 0.1) is 0 Å². The van der Waals surface area contributed by atoms with Crippen LogP contribution in [0.15, 0.2) is 24.3 Å². The van der Waals surface area contributed by atoms with E-state index in [4.69, 9.17) is 4.74 Å². The lowest BCUT2D eigenvalue weighted by atomic mass is 10.0. The van der Waals surface area contributed by atoms with Crippen molar-refractivity contribution in [2.75, 3.05) is 19.6 Å². The van der Waals surface area contributed by atoms with Gasteiger partial charge < -0.3 is 10.1 Å². The minimum absolute atomic E-state index is 0.0582. The van der Waals surface area contributed by atoms with E-state index in [1.807, 2.05) is 32.0 Å². The summed E-state index contributed by atoms with van der Waals surface area (Å²) in [5, 5.41) is 2.67. The second-order valence-electron chi connectivity index (χ2n) is 4.83. The number of carbonyl (C=O) groups is 2. The number of rotatable bonds is 2. The van der Waals surface area contributed by atoms with Crippen molar-refractivity contribution in [3.8, 4) is 5.75 Å². The molecule has 0 atom stereocenters. The molecule has 19 heavy (non-hydrogen) atoms. The summed E-state index contributed by atoms with van der Waals surface area (Å²) in [6.45, 7) is 5.10. The summed E-state index contributed by atoms with van der Waals surface area (Å²) in [6, 6.07) is 7.46. The highest BCUT2D eigenvalue weighted by molar-refractivity contribution is 5.84. The molecule has 5 heteroatoms. The number of hydrogen-bond acceptors (Lipinski definition) is 3. The molecule has 5 nitrogen and oxygen atoms in total. The third kappa shape index (κ3) is 3.24. The molecule has 0 aromatic heterocycles. The summed E-state index contributed by atoms with van der Waals surface area (Å²) in [5.74, 6) is 0.683. The minimum atomic E-state index is -0.469. The Bertz CT molecular complexity index is 485. The van der Waals surface area contributed by atoms with Gasteiger partial charge in [0.2, 0.25) is 5.91 Å². The Morgan fingerprint density at radius 3 is 2.79 bits per heavy atom. The van der Waals surface area contributed by atoms with Gasteiger partial charge in [0.15, 0.2) is 0 Å². The number of hydrogen-bond donors (Lipinski definition) is 1. The number of piperazine rings is 1. The van der Waals surface area contributed by atoms with Gasteiger partial charge in [-0.25, -0.2) is 4.79 Å². The summed E-state index contributed by atoms with van der Waals surface area (Å²) in [7, 11) is 0. The zero-order valence-corrected chi connectivity index (χ0v) is 11.2. The quantitative estimate of drug-likeness (QED) is 0.883. The Balaban J connectivity index is 2.08. The first-order valence-electron chi connectivity index (χ1n) is 6.40. The zero-order valence-electron chi connectivity index (χ0n) is 11.2. The SMILES string of the molecule is CC(C)c1ccccc1OC(=O)N1CCNC(=O)C1. The van der Waals surface area contributed by atoms with E-state index in [0.29, 0.717) is 18.8 Å². The first-order valence-corrected chi connectivity index (χ1v) is 6.40. The number of nitrogens with one attached hydrogen (secondary N) is 1. The number of nitrogens with zero attached hydrogens (tertiary/aromatic N) is 1. The van der Waals surface area contributed by atoms with E-state index in [1.54, 1.807) is 6.07 Å². The standard InChI is InChI=1S/C14H18N2O3/c1-10(2)11-5-3-4-6-12(11)19-14(18)16-8-7-15-13(17)9-16/h3-6,10H,7-9H2,1-2H3,(H,15,17). The highest BCUT2D eigenvalue weighted by atomic mass is 16.6. The van der Waals surface area contributed by atoms with E-state index in [2.05, 4.69) is 5.32 Å². The second kappa shape index (κ2) is 5.73. The highest BCUT2D eigenvalue weighted by Gasteiger charge is 2.23. The van der Waals surface area contributed by atoms with Crippen molar-refractivity contribution in [3.63, 3.8) is 0 Å². The topological polar surface area (TPSA) is 58.6 Å². The van der Waals surface area contributed by atoms with Crippen LogP contribution in [0.25, 0.3) is 0 Å². The minimum Gasteiger partial charge on any atom is -0.410 e. The van der Waals surface area contributed by atoms with E-state index < -0.39 is 6.09 Å². The molecule has 0 aliphatic carbocycles. The summed E-state index contributed by atoms with van der Waals surface area (Å²) >= 11 is 0. The third-order valence-electron chi connectivity index (χ3n) is 3.03. The summed E-state index contributed by atoms with van der Waals surface area (Å²) in [6.07, 6.45) is -0.469. The molecular weight excluding hydrogens is 244 g/mol. The van der Waals surface area contributed by atoms with Crippen LogP contribution in [0.3, 0.4) is 0 Å². The van der Waals surface area contributed by atoms with Crippen molar-refractivity contribution in [2.24, 2.45) is 0 Å². The molecule has 0 bridgehead atoms. The van der Waals surface area contributed by atoms with Crippen LogP contribution < -0.4 is 10.1 Å². The van der Waals surface area contributed by atoms with Crippen LogP contribution in [0.4, 0.5) is 4.79 Å². The lowest BCUT2D eigenvalue weighted by Gasteiger charge is -2.26. The van der Waals surface area contributed by atoms with Crippen LogP contribution >= 0.6 is 0 Å². The van der Waals surface area contributed by atoms with Crippen molar-refractivity contribution >= 4 is 12.0 Å². The molecule has 1 heterocycles. The van der Waals surface area contributed by atoms with Crippen LogP contribution in [-0.2, 0) is 4.79 Å². The summed E-state index contributed by atoms with van der Waals surface area (Å²) in [4.78, 5) is 24.7. The average molecular weight is 262 g/mol. The van der Waals surface area contributed by atoms with Gasteiger partial charge in [-0.3, -0.25) is 9.69 Å². The molecule has 0 radical (unpaired) electrons. The molecule has 1 aliphatic heterocycles. The van der Waals surface area contributed by atoms with Crippen molar-refractivity contribution in [2.45, 2.75) is 19.8 Å². The largest absolute Gasteiger partial charge is 0.415 e. The fourth-order valence-electron chi connectivity index (χ4n) is 2.00.